The van der Waals surface area contributed by atoms with Gasteiger partial charge in [0.2, 0.25) is 5.91 Å². The summed E-state index contributed by atoms with van der Waals surface area (Å²) in [5, 5.41) is 14.5. The van der Waals surface area contributed by atoms with Crippen LogP contribution < -0.4 is 14.9 Å². The third-order valence-corrected chi connectivity index (χ3v) is 3.92. The Morgan fingerprint density at radius 2 is 2.00 bits per heavy atom. The number of nitrogens with zero attached hydrogens (tertiary/aromatic N) is 1. The first-order chi connectivity index (χ1) is 13.0. The zero-order valence-corrected chi connectivity index (χ0v) is 16.3. The van der Waals surface area contributed by atoms with Gasteiger partial charge in [0, 0.05) is 11.4 Å². The van der Waals surface area contributed by atoms with E-state index in [9.17, 15) is 9.90 Å². The Morgan fingerprint density at radius 1 is 1.19 bits per heavy atom. The summed E-state index contributed by atoms with van der Waals surface area (Å²) in [4.78, 5) is 11.8. The number of nitrogens with one attached hydrogen (secondary N) is 1. The SMILES string of the molecule is CCOc1cc(/C=N/NC(=O)CCCOc2ccc(Cl)cc2Cl)ccc1O. The Hall–Kier alpha value is -2.44. The molecule has 2 aromatic carbocycles. The maximum atomic E-state index is 11.8. The lowest BCUT2D eigenvalue weighted by Crippen LogP contribution is -2.18. The number of phenolic OH excluding ortho intramolecular Hbond substituents is 1. The fraction of sp³-hybridized carbons (Fsp3) is 0.263. The van der Waals surface area contributed by atoms with E-state index in [-0.39, 0.29) is 18.1 Å². The van der Waals surface area contributed by atoms with Gasteiger partial charge >= 0.3 is 0 Å². The number of hydrogen-bond donors (Lipinski definition) is 2. The molecule has 0 saturated heterocycles. The van der Waals surface area contributed by atoms with Crippen LogP contribution in [0.2, 0.25) is 10.0 Å². The van der Waals surface area contributed by atoms with Gasteiger partial charge in [0.1, 0.15) is 5.75 Å². The first-order valence-electron chi connectivity index (χ1n) is 8.35. The van der Waals surface area contributed by atoms with Crippen molar-refractivity contribution >= 4 is 35.3 Å². The maximum Gasteiger partial charge on any atom is 0.240 e. The first kappa shape index (κ1) is 20.9. The van der Waals surface area contributed by atoms with Crippen LogP contribution in [-0.4, -0.2) is 30.4 Å². The van der Waals surface area contributed by atoms with Crippen molar-refractivity contribution in [2.75, 3.05) is 13.2 Å². The standard InChI is InChI=1S/C19H20Cl2N2O4/c1-2-26-18-10-13(5-7-16(18)24)12-22-23-19(25)4-3-9-27-17-8-6-14(20)11-15(17)21/h5-8,10-12,24H,2-4,9H2,1H3,(H,23,25)/b22-12+. The number of carbonyl (C=O) groups excluding carboxylic acids is 1. The molecule has 0 fully saturated rings. The van der Waals surface area contributed by atoms with Gasteiger partial charge in [-0.25, -0.2) is 5.43 Å². The Balaban J connectivity index is 1.73. The van der Waals surface area contributed by atoms with E-state index in [1.807, 2.05) is 6.92 Å². The average Bonchev–Trinajstić information content (AvgIpc) is 2.63. The van der Waals surface area contributed by atoms with Gasteiger partial charge in [0.05, 0.1) is 24.5 Å². The molecule has 0 aromatic heterocycles. The quantitative estimate of drug-likeness (QED) is 0.364. The molecule has 0 heterocycles. The summed E-state index contributed by atoms with van der Waals surface area (Å²) in [5.74, 6) is 0.711. The van der Waals surface area contributed by atoms with E-state index in [0.29, 0.717) is 46.7 Å². The predicted molar refractivity (Wildman–Crippen MR) is 106 cm³/mol. The van der Waals surface area contributed by atoms with Crippen LogP contribution in [0.1, 0.15) is 25.3 Å². The molecular weight excluding hydrogens is 391 g/mol. The van der Waals surface area contributed by atoms with E-state index in [2.05, 4.69) is 10.5 Å². The summed E-state index contributed by atoms with van der Waals surface area (Å²) in [6.07, 6.45) is 2.24. The predicted octanol–water partition coefficient (Wildman–Crippen LogP) is 4.41. The van der Waals surface area contributed by atoms with Gasteiger partial charge < -0.3 is 14.6 Å². The summed E-state index contributed by atoms with van der Waals surface area (Å²) < 4.78 is 10.8. The number of rotatable bonds is 9. The van der Waals surface area contributed by atoms with Crippen LogP contribution in [0, 0.1) is 0 Å². The molecule has 1 amide bonds. The minimum Gasteiger partial charge on any atom is -0.504 e. The van der Waals surface area contributed by atoms with E-state index in [0.717, 1.165) is 0 Å². The number of benzene rings is 2. The van der Waals surface area contributed by atoms with Gasteiger partial charge in [-0.1, -0.05) is 23.2 Å². The molecule has 2 N–H and O–H groups in total. The van der Waals surface area contributed by atoms with Gasteiger partial charge in [-0.3, -0.25) is 4.79 Å². The molecule has 0 saturated carbocycles. The number of aromatic hydroxyl groups is 1. The van der Waals surface area contributed by atoms with Crippen LogP contribution in [0.5, 0.6) is 17.2 Å². The van der Waals surface area contributed by atoms with Crippen molar-refractivity contribution in [2.45, 2.75) is 19.8 Å². The van der Waals surface area contributed by atoms with Crippen molar-refractivity contribution in [3.05, 3.63) is 52.0 Å². The zero-order chi connectivity index (χ0) is 19.6. The first-order valence-corrected chi connectivity index (χ1v) is 9.10. The normalized spacial score (nSPS) is 10.8. The molecule has 0 unspecified atom stereocenters. The molecule has 0 aliphatic carbocycles. The van der Waals surface area contributed by atoms with Gasteiger partial charge in [-0.05, 0) is 55.3 Å². The maximum absolute atomic E-state index is 11.8. The van der Waals surface area contributed by atoms with Crippen molar-refractivity contribution in [1.82, 2.24) is 5.43 Å². The zero-order valence-electron chi connectivity index (χ0n) is 14.7. The summed E-state index contributed by atoms with van der Waals surface area (Å²) in [6.45, 7) is 2.60. The van der Waals surface area contributed by atoms with Gasteiger partial charge in [0.25, 0.3) is 0 Å². The number of ether oxygens (including phenoxy) is 2. The summed E-state index contributed by atoms with van der Waals surface area (Å²) >= 11 is 11.8. The van der Waals surface area contributed by atoms with Crippen molar-refractivity contribution in [2.24, 2.45) is 5.10 Å². The molecule has 2 aromatic rings. The second-order valence-electron chi connectivity index (χ2n) is 5.48. The number of hydrogen-bond acceptors (Lipinski definition) is 5. The van der Waals surface area contributed by atoms with Crippen LogP contribution in [0.15, 0.2) is 41.5 Å². The minimum absolute atomic E-state index is 0.0545. The van der Waals surface area contributed by atoms with Crippen molar-refractivity contribution in [3.63, 3.8) is 0 Å². The Labute approximate surface area is 167 Å². The number of hydrazone groups is 1. The molecular formula is C19H20Cl2N2O4. The molecule has 144 valence electrons. The van der Waals surface area contributed by atoms with E-state index < -0.39 is 0 Å². The lowest BCUT2D eigenvalue weighted by atomic mass is 10.2. The lowest BCUT2D eigenvalue weighted by molar-refractivity contribution is -0.121. The molecule has 27 heavy (non-hydrogen) atoms. The molecule has 6 nitrogen and oxygen atoms in total. The van der Waals surface area contributed by atoms with Gasteiger partial charge in [-0.15, -0.1) is 0 Å². The smallest absolute Gasteiger partial charge is 0.240 e. The molecule has 0 spiro atoms. The Morgan fingerprint density at radius 3 is 2.74 bits per heavy atom. The highest BCUT2D eigenvalue weighted by molar-refractivity contribution is 6.35. The second-order valence-corrected chi connectivity index (χ2v) is 6.32. The summed E-state index contributed by atoms with van der Waals surface area (Å²) in [7, 11) is 0. The van der Waals surface area contributed by atoms with Crippen molar-refractivity contribution in [1.29, 1.82) is 0 Å². The molecule has 0 radical (unpaired) electrons. The molecule has 0 bridgehead atoms. The lowest BCUT2D eigenvalue weighted by Gasteiger charge is -2.07. The average molecular weight is 411 g/mol. The van der Waals surface area contributed by atoms with Gasteiger partial charge in [-0.2, -0.15) is 5.10 Å². The summed E-state index contributed by atoms with van der Waals surface area (Å²) in [6, 6.07) is 9.77. The molecule has 2 rings (SSSR count). The largest absolute Gasteiger partial charge is 0.504 e. The highest BCUT2D eigenvalue weighted by Crippen LogP contribution is 2.27. The molecule has 8 heteroatoms. The van der Waals surface area contributed by atoms with Crippen LogP contribution in [0.3, 0.4) is 0 Å². The summed E-state index contributed by atoms with van der Waals surface area (Å²) in [5.41, 5.74) is 3.13. The van der Waals surface area contributed by atoms with E-state index in [1.54, 1.807) is 30.3 Å². The van der Waals surface area contributed by atoms with Crippen LogP contribution >= 0.6 is 23.2 Å². The van der Waals surface area contributed by atoms with Crippen LogP contribution in [0.4, 0.5) is 0 Å². The van der Waals surface area contributed by atoms with Gasteiger partial charge in [0.15, 0.2) is 11.5 Å². The second kappa shape index (κ2) is 10.6. The highest BCUT2D eigenvalue weighted by atomic mass is 35.5. The fourth-order valence-corrected chi connectivity index (χ4v) is 2.59. The van der Waals surface area contributed by atoms with Crippen LogP contribution in [-0.2, 0) is 4.79 Å². The molecule has 0 aliphatic heterocycles. The number of carbonyl (C=O) groups is 1. The monoisotopic (exact) mass is 410 g/mol. The fourth-order valence-electron chi connectivity index (χ4n) is 2.12. The number of halogens is 2. The third-order valence-electron chi connectivity index (χ3n) is 3.39. The third kappa shape index (κ3) is 7.00. The van der Waals surface area contributed by atoms with Crippen LogP contribution in [0.25, 0.3) is 0 Å². The van der Waals surface area contributed by atoms with Crippen molar-refractivity contribution < 1.29 is 19.4 Å². The van der Waals surface area contributed by atoms with E-state index >= 15 is 0 Å². The highest BCUT2D eigenvalue weighted by Gasteiger charge is 2.05. The van der Waals surface area contributed by atoms with E-state index in [4.69, 9.17) is 32.7 Å². The number of amides is 1. The Kier molecular flexibility index (Phi) is 8.23. The van der Waals surface area contributed by atoms with Crippen molar-refractivity contribution in [3.8, 4) is 17.2 Å². The Bertz CT molecular complexity index is 812. The molecule has 0 atom stereocenters. The van der Waals surface area contributed by atoms with E-state index in [1.165, 1.54) is 12.3 Å². The molecule has 0 aliphatic rings. The topological polar surface area (TPSA) is 80.2 Å². The number of phenols is 1. The minimum atomic E-state index is -0.235.